The first-order chi connectivity index (χ1) is 10.2. The van der Waals surface area contributed by atoms with Gasteiger partial charge in [0.2, 0.25) is 0 Å². The molecule has 0 aliphatic rings. The second kappa shape index (κ2) is 5.54. The Bertz CT molecular complexity index is 781. The van der Waals surface area contributed by atoms with Gasteiger partial charge in [0.25, 0.3) is 0 Å². The maximum Gasteiger partial charge on any atom is 0.323 e. The van der Waals surface area contributed by atoms with E-state index in [2.05, 4.69) is 10.6 Å². The Labute approximate surface area is 122 Å². The number of anilines is 3. The molecule has 0 saturated carbocycles. The van der Waals surface area contributed by atoms with Crippen molar-refractivity contribution in [3.63, 3.8) is 0 Å². The zero-order valence-electron chi connectivity index (χ0n) is 11.3. The van der Waals surface area contributed by atoms with Gasteiger partial charge < -0.3 is 16.4 Å². The van der Waals surface area contributed by atoms with E-state index in [1.807, 2.05) is 42.5 Å². The average Bonchev–Trinajstić information content (AvgIpc) is 2.49. The van der Waals surface area contributed by atoms with E-state index >= 15 is 0 Å². The minimum atomic E-state index is -0.282. The molecule has 0 unspecified atom stereocenters. The molecule has 4 heteroatoms. The second-order valence-corrected chi connectivity index (χ2v) is 4.76. The van der Waals surface area contributed by atoms with Crippen molar-refractivity contribution in [3.05, 3.63) is 66.7 Å². The molecule has 4 nitrogen and oxygen atoms in total. The zero-order valence-corrected chi connectivity index (χ0v) is 11.3. The number of urea groups is 1. The Morgan fingerprint density at radius 1 is 0.762 bits per heavy atom. The topological polar surface area (TPSA) is 67.1 Å². The van der Waals surface area contributed by atoms with Gasteiger partial charge in [-0.1, -0.05) is 30.3 Å². The summed E-state index contributed by atoms with van der Waals surface area (Å²) in [5, 5.41) is 7.80. The van der Waals surface area contributed by atoms with E-state index in [1.165, 1.54) is 0 Å². The average molecular weight is 277 g/mol. The normalized spacial score (nSPS) is 10.3. The van der Waals surface area contributed by atoms with Crippen LogP contribution in [-0.4, -0.2) is 6.03 Å². The molecule has 3 aromatic rings. The van der Waals surface area contributed by atoms with Crippen LogP contribution < -0.4 is 16.4 Å². The van der Waals surface area contributed by atoms with Gasteiger partial charge in [-0.25, -0.2) is 4.79 Å². The summed E-state index contributed by atoms with van der Waals surface area (Å²) in [6.07, 6.45) is 0. The Balaban J connectivity index is 1.72. The second-order valence-electron chi connectivity index (χ2n) is 4.76. The summed E-state index contributed by atoms with van der Waals surface area (Å²) in [5.41, 5.74) is 7.72. The molecule has 3 rings (SSSR count). The summed E-state index contributed by atoms with van der Waals surface area (Å²) in [4.78, 5) is 11.9. The van der Waals surface area contributed by atoms with Crippen molar-refractivity contribution in [1.82, 2.24) is 0 Å². The fourth-order valence-electron chi connectivity index (χ4n) is 2.13. The largest absolute Gasteiger partial charge is 0.399 e. The molecule has 0 atom stereocenters. The molecule has 104 valence electrons. The van der Waals surface area contributed by atoms with Crippen molar-refractivity contribution in [1.29, 1.82) is 0 Å². The van der Waals surface area contributed by atoms with Crippen molar-refractivity contribution in [2.45, 2.75) is 0 Å². The standard InChI is InChI=1S/C17H15N3O/c18-14-6-9-15(10-7-14)19-17(21)20-16-8-5-12-3-1-2-4-13(12)11-16/h1-11H,18H2,(H2,19,20,21). The quantitative estimate of drug-likeness (QED) is 0.618. The Hall–Kier alpha value is -3.01. The van der Waals surface area contributed by atoms with Gasteiger partial charge in [-0.15, -0.1) is 0 Å². The molecule has 3 aromatic carbocycles. The first kappa shape index (κ1) is 13.0. The molecule has 0 radical (unpaired) electrons. The fraction of sp³-hybridized carbons (Fsp3) is 0. The number of fused-ring (bicyclic) bond motifs is 1. The fourth-order valence-corrected chi connectivity index (χ4v) is 2.13. The van der Waals surface area contributed by atoms with Gasteiger partial charge in [-0.2, -0.15) is 0 Å². The summed E-state index contributed by atoms with van der Waals surface area (Å²) in [6.45, 7) is 0. The minimum absolute atomic E-state index is 0.282. The van der Waals surface area contributed by atoms with E-state index in [0.29, 0.717) is 11.4 Å². The smallest absolute Gasteiger partial charge is 0.323 e. The van der Waals surface area contributed by atoms with Crippen LogP contribution in [0.1, 0.15) is 0 Å². The van der Waals surface area contributed by atoms with Crippen LogP contribution in [0.3, 0.4) is 0 Å². The predicted octanol–water partition coefficient (Wildman–Crippen LogP) is 4.07. The van der Waals surface area contributed by atoms with Gasteiger partial charge in [-0.05, 0) is 47.2 Å². The van der Waals surface area contributed by atoms with Crippen LogP contribution in [0.2, 0.25) is 0 Å². The molecule has 0 fully saturated rings. The van der Waals surface area contributed by atoms with E-state index in [-0.39, 0.29) is 6.03 Å². The minimum Gasteiger partial charge on any atom is -0.399 e. The van der Waals surface area contributed by atoms with Gasteiger partial charge in [0.1, 0.15) is 0 Å². The van der Waals surface area contributed by atoms with E-state index in [4.69, 9.17) is 5.73 Å². The van der Waals surface area contributed by atoms with Crippen molar-refractivity contribution in [2.75, 3.05) is 16.4 Å². The molecule has 0 aliphatic heterocycles. The summed E-state index contributed by atoms with van der Waals surface area (Å²) in [6, 6.07) is 20.5. The van der Waals surface area contributed by atoms with Gasteiger partial charge in [0.15, 0.2) is 0 Å². The van der Waals surface area contributed by atoms with Gasteiger partial charge >= 0.3 is 6.03 Å². The van der Waals surface area contributed by atoms with Crippen LogP contribution >= 0.6 is 0 Å². The molecule has 0 aliphatic carbocycles. The highest BCUT2D eigenvalue weighted by molar-refractivity contribution is 6.01. The third-order valence-corrected chi connectivity index (χ3v) is 3.18. The van der Waals surface area contributed by atoms with Crippen LogP contribution in [0.25, 0.3) is 10.8 Å². The van der Waals surface area contributed by atoms with Gasteiger partial charge in [0.05, 0.1) is 0 Å². The number of carbonyl (C=O) groups excluding carboxylic acids is 1. The first-order valence-corrected chi connectivity index (χ1v) is 6.63. The van der Waals surface area contributed by atoms with E-state index in [0.717, 1.165) is 16.5 Å². The molecule has 0 spiro atoms. The third kappa shape index (κ3) is 3.12. The maximum absolute atomic E-state index is 11.9. The Morgan fingerprint density at radius 2 is 1.38 bits per heavy atom. The van der Waals surface area contributed by atoms with E-state index < -0.39 is 0 Å². The molecule has 4 N–H and O–H groups in total. The Kier molecular flexibility index (Phi) is 3.43. The van der Waals surface area contributed by atoms with Crippen LogP contribution in [0, 0.1) is 0 Å². The molecular formula is C17H15N3O. The molecule has 0 aromatic heterocycles. The van der Waals surface area contributed by atoms with Crippen molar-refractivity contribution in [3.8, 4) is 0 Å². The lowest BCUT2D eigenvalue weighted by molar-refractivity contribution is 0.262. The SMILES string of the molecule is Nc1ccc(NC(=O)Nc2ccc3ccccc3c2)cc1. The molecule has 0 saturated heterocycles. The van der Waals surface area contributed by atoms with E-state index in [9.17, 15) is 4.79 Å². The van der Waals surface area contributed by atoms with E-state index in [1.54, 1.807) is 24.3 Å². The number of nitrogens with one attached hydrogen (secondary N) is 2. The number of rotatable bonds is 2. The van der Waals surface area contributed by atoms with Crippen LogP contribution in [0.15, 0.2) is 66.7 Å². The third-order valence-electron chi connectivity index (χ3n) is 3.18. The lowest BCUT2D eigenvalue weighted by atomic mass is 10.1. The van der Waals surface area contributed by atoms with Crippen molar-refractivity contribution >= 4 is 33.9 Å². The first-order valence-electron chi connectivity index (χ1n) is 6.63. The van der Waals surface area contributed by atoms with Crippen molar-refractivity contribution < 1.29 is 4.79 Å². The zero-order chi connectivity index (χ0) is 14.7. The number of hydrogen-bond donors (Lipinski definition) is 3. The monoisotopic (exact) mass is 277 g/mol. The number of nitrogen functional groups attached to an aromatic ring is 1. The highest BCUT2D eigenvalue weighted by Gasteiger charge is 2.03. The molecular weight excluding hydrogens is 262 g/mol. The summed E-state index contributed by atoms with van der Waals surface area (Å²) < 4.78 is 0. The molecule has 21 heavy (non-hydrogen) atoms. The molecule has 0 bridgehead atoms. The Morgan fingerprint density at radius 3 is 2.14 bits per heavy atom. The molecule has 2 amide bonds. The highest BCUT2D eigenvalue weighted by atomic mass is 16.2. The van der Waals surface area contributed by atoms with Gasteiger partial charge in [0, 0.05) is 17.1 Å². The molecule has 0 heterocycles. The highest BCUT2D eigenvalue weighted by Crippen LogP contribution is 2.19. The lowest BCUT2D eigenvalue weighted by Crippen LogP contribution is -2.19. The summed E-state index contributed by atoms with van der Waals surface area (Å²) >= 11 is 0. The van der Waals surface area contributed by atoms with Crippen molar-refractivity contribution in [2.24, 2.45) is 0 Å². The van der Waals surface area contributed by atoms with Crippen LogP contribution in [-0.2, 0) is 0 Å². The summed E-state index contributed by atoms with van der Waals surface area (Å²) in [7, 11) is 0. The number of nitrogens with two attached hydrogens (primary N) is 1. The summed E-state index contributed by atoms with van der Waals surface area (Å²) in [5.74, 6) is 0. The van der Waals surface area contributed by atoms with Crippen LogP contribution in [0.5, 0.6) is 0 Å². The lowest BCUT2D eigenvalue weighted by Gasteiger charge is -2.08. The number of hydrogen-bond acceptors (Lipinski definition) is 2. The maximum atomic E-state index is 11.9. The van der Waals surface area contributed by atoms with Gasteiger partial charge in [-0.3, -0.25) is 0 Å². The number of amides is 2. The predicted molar refractivity (Wildman–Crippen MR) is 87.4 cm³/mol. The van der Waals surface area contributed by atoms with Crippen LogP contribution in [0.4, 0.5) is 21.9 Å². The number of benzene rings is 3. The number of carbonyl (C=O) groups is 1.